The number of nitrogens with two attached hydrogens (primary N) is 1. The number of benzene rings is 1. The number of hydrogen-bond acceptors (Lipinski definition) is 1. The molecule has 2 nitrogen and oxygen atoms in total. The molecule has 0 aliphatic rings. The summed E-state index contributed by atoms with van der Waals surface area (Å²) in [6.07, 6.45) is -4.34. The highest BCUT2D eigenvalue weighted by Crippen LogP contribution is 2.29. The maximum absolute atomic E-state index is 12.3. The second-order valence-corrected chi connectivity index (χ2v) is 2.94. The van der Waals surface area contributed by atoms with E-state index in [9.17, 15) is 13.2 Å². The third-order valence-electron chi connectivity index (χ3n) is 1.81. The second kappa shape index (κ2) is 4.33. The molecule has 0 aromatic heterocycles. The van der Waals surface area contributed by atoms with Gasteiger partial charge in [0.2, 0.25) is 0 Å². The molecule has 82 valence electrons. The Morgan fingerprint density at radius 2 is 2.07 bits per heavy atom. The zero-order valence-electron chi connectivity index (χ0n) is 8.17. The molecule has 15 heavy (non-hydrogen) atoms. The summed E-state index contributed by atoms with van der Waals surface area (Å²) in [6.45, 7) is 2.21. The molecule has 0 aliphatic heterocycles. The number of hydrogen-bond donors (Lipinski definition) is 1. The summed E-state index contributed by atoms with van der Waals surface area (Å²) in [7, 11) is 0. The summed E-state index contributed by atoms with van der Waals surface area (Å²) >= 11 is 0. The molecule has 0 aliphatic carbocycles. The molecule has 0 fully saturated rings. The first-order chi connectivity index (χ1) is 6.95. The van der Waals surface area contributed by atoms with E-state index in [2.05, 4.69) is 4.99 Å². The zero-order chi connectivity index (χ0) is 11.5. The lowest BCUT2D eigenvalue weighted by atomic mass is 10.1. The first kappa shape index (κ1) is 11.6. The number of aliphatic imine (C=N–C) groups is 1. The van der Waals surface area contributed by atoms with Crippen LogP contribution in [0.2, 0.25) is 0 Å². The fourth-order valence-corrected chi connectivity index (χ4v) is 1.12. The van der Waals surface area contributed by atoms with Gasteiger partial charge in [-0.1, -0.05) is 12.1 Å². The van der Waals surface area contributed by atoms with Crippen LogP contribution < -0.4 is 5.73 Å². The topological polar surface area (TPSA) is 38.4 Å². The maximum atomic E-state index is 12.3. The third-order valence-corrected chi connectivity index (χ3v) is 1.81. The number of halogens is 3. The first-order valence-electron chi connectivity index (χ1n) is 4.42. The van der Waals surface area contributed by atoms with Crippen molar-refractivity contribution in [2.75, 3.05) is 6.54 Å². The Hall–Kier alpha value is -1.52. The summed E-state index contributed by atoms with van der Waals surface area (Å²) in [5.41, 5.74) is 5.08. The minimum Gasteiger partial charge on any atom is -0.384 e. The molecule has 0 saturated carbocycles. The van der Waals surface area contributed by atoms with Crippen LogP contribution in [0.5, 0.6) is 0 Å². The van der Waals surface area contributed by atoms with Gasteiger partial charge >= 0.3 is 6.18 Å². The summed E-state index contributed by atoms with van der Waals surface area (Å²) in [4.78, 5) is 3.85. The van der Waals surface area contributed by atoms with Crippen LogP contribution in [0.3, 0.4) is 0 Å². The van der Waals surface area contributed by atoms with Gasteiger partial charge in [-0.2, -0.15) is 13.2 Å². The molecule has 1 aromatic carbocycles. The molecule has 0 spiro atoms. The van der Waals surface area contributed by atoms with Crippen molar-refractivity contribution in [3.8, 4) is 0 Å². The summed E-state index contributed by atoms with van der Waals surface area (Å²) in [5.74, 6) is 0.128. The SMILES string of the molecule is CCN=C(N)c1cccc(C(F)(F)F)c1. The van der Waals surface area contributed by atoms with Crippen molar-refractivity contribution in [2.24, 2.45) is 10.7 Å². The van der Waals surface area contributed by atoms with Crippen LogP contribution >= 0.6 is 0 Å². The fourth-order valence-electron chi connectivity index (χ4n) is 1.12. The fraction of sp³-hybridized carbons (Fsp3) is 0.300. The Balaban J connectivity index is 3.08. The second-order valence-electron chi connectivity index (χ2n) is 2.94. The van der Waals surface area contributed by atoms with Gasteiger partial charge in [0.25, 0.3) is 0 Å². The van der Waals surface area contributed by atoms with E-state index in [-0.39, 0.29) is 5.84 Å². The molecule has 0 radical (unpaired) electrons. The van der Waals surface area contributed by atoms with Crippen LogP contribution in [-0.4, -0.2) is 12.4 Å². The Morgan fingerprint density at radius 1 is 1.40 bits per heavy atom. The van der Waals surface area contributed by atoms with Crippen LogP contribution in [0.4, 0.5) is 13.2 Å². The molecule has 1 aromatic rings. The number of rotatable bonds is 2. The highest BCUT2D eigenvalue weighted by atomic mass is 19.4. The summed E-state index contributed by atoms with van der Waals surface area (Å²) < 4.78 is 37.0. The van der Waals surface area contributed by atoms with Crippen LogP contribution in [0, 0.1) is 0 Å². The van der Waals surface area contributed by atoms with Crippen LogP contribution in [0.15, 0.2) is 29.3 Å². The minimum atomic E-state index is -4.34. The number of alkyl halides is 3. The quantitative estimate of drug-likeness (QED) is 0.598. The smallest absolute Gasteiger partial charge is 0.384 e. The molecular weight excluding hydrogens is 205 g/mol. The monoisotopic (exact) mass is 216 g/mol. The van der Waals surface area contributed by atoms with E-state index < -0.39 is 11.7 Å². The van der Waals surface area contributed by atoms with Gasteiger partial charge in [-0.3, -0.25) is 4.99 Å². The Morgan fingerprint density at radius 3 is 2.60 bits per heavy atom. The van der Waals surface area contributed by atoms with Crippen molar-refractivity contribution >= 4 is 5.84 Å². The van der Waals surface area contributed by atoms with Crippen molar-refractivity contribution in [1.82, 2.24) is 0 Å². The average Bonchev–Trinajstić information content (AvgIpc) is 2.17. The predicted octanol–water partition coefficient (Wildman–Crippen LogP) is 2.43. The van der Waals surface area contributed by atoms with Crippen LogP contribution in [-0.2, 0) is 6.18 Å². The third kappa shape index (κ3) is 2.97. The molecule has 2 N–H and O–H groups in total. The zero-order valence-corrected chi connectivity index (χ0v) is 8.17. The average molecular weight is 216 g/mol. The standard InChI is InChI=1S/C10H11F3N2/c1-2-15-9(14)7-4-3-5-8(6-7)10(11,12)13/h3-6H,2H2,1H3,(H2,14,15). The van der Waals surface area contributed by atoms with Crippen molar-refractivity contribution in [3.05, 3.63) is 35.4 Å². The summed E-state index contributed by atoms with van der Waals surface area (Å²) in [5, 5.41) is 0. The lowest BCUT2D eigenvalue weighted by Gasteiger charge is -2.08. The number of amidine groups is 1. The van der Waals surface area contributed by atoms with Crippen molar-refractivity contribution in [1.29, 1.82) is 0 Å². The van der Waals surface area contributed by atoms with Crippen LogP contribution in [0.1, 0.15) is 18.1 Å². The molecular formula is C10H11F3N2. The lowest BCUT2D eigenvalue weighted by Crippen LogP contribution is -2.15. The Labute approximate surface area is 85.6 Å². The Bertz CT molecular complexity index is 369. The molecule has 0 bridgehead atoms. The molecule has 0 amide bonds. The largest absolute Gasteiger partial charge is 0.416 e. The van der Waals surface area contributed by atoms with Crippen molar-refractivity contribution in [3.63, 3.8) is 0 Å². The van der Waals surface area contributed by atoms with Gasteiger partial charge < -0.3 is 5.73 Å². The summed E-state index contributed by atoms with van der Waals surface area (Å²) in [6, 6.07) is 4.82. The van der Waals surface area contributed by atoms with Gasteiger partial charge in [0.05, 0.1) is 5.56 Å². The molecule has 1 rings (SSSR count). The van der Waals surface area contributed by atoms with Gasteiger partial charge in [-0.25, -0.2) is 0 Å². The van der Waals surface area contributed by atoms with Gasteiger partial charge in [-0.15, -0.1) is 0 Å². The normalized spacial score (nSPS) is 12.9. The van der Waals surface area contributed by atoms with Crippen LogP contribution in [0.25, 0.3) is 0 Å². The molecule has 0 atom stereocenters. The van der Waals surface area contributed by atoms with Gasteiger partial charge in [0.15, 0.2) is 0 Å². The highest BCUT2D eigenvalue weighted by molar-refractivity contribution is 5.97. The van der Waals surface area contributed by atoms with E-state index in [4.69, 9.17) is 5.73 Å². The molecule has 0 saturated heterocycles. The predicted molar refractivity (Wildman–Crippen MR) is 52.7 cm³/mol. The van der Waals surface area contributed by atoms with Gasteiger partial charge in [-0.05, 0) is 19.1 Å². The lowest BCUT2D eigenvalue weighted by molar-refractivity contribution is -0.137. The Kier molecular flexibility index (Phi) is 3.34. The van der Waals surface area contributed by atoms with Crippen molar-refractivity contribution < 1.29 is 13.2 Å². The molecule has 0 heterocycles. The molecule has 0 unspecified atom stereocenters. The van der Waals surface area contributed by atoms with E-state index in [1.165, 1.54) is 12.1 Å². The van der Waals surface area contributed by atoms with E-state index in [0.717, 1.165) is 12.1 Å². The van der Waals surface area contributed by atoms with E-state index in [0.29, 0.717) is 12.1 Å². The van der Waals surface area contributed by atoms with Gasteiger partial charge in [0, 0.05) is 12.1 Å². The maximum Gasteiger partial charge on any atom is 0.416 e. The van der Waals surface area contributed by atoms with E-state index in [1.54, 1.807) is 6.92 Å². The van der Waals surface area contributed by atoms with Gasteiger partial charge in [0.1, 0.15) is 5.84 Å². The number of nitrogens with zero attached hydrogens (tertiary/aromatic N) is 1. The minimum absolute atomic E-state index is 0.128. The van der Waals surface area contributed by atoms with Crippen molar-refractivity contribution in [2.45, 2.75) is 13.1 Å². The highest BCUT2D eigenvalue weighted by Gasteiger charge is 2.30. The van der Waals surface area contributed by atoms with E-state index >= 15 is 0 Å². The molecule has 5 heteroatoms. The van der Waals surface area contributed by atoms with E-state index in [1.807, 2.05) is 0 Å². The first-order valence-corrected chi connectivity index (χ1v) is 4.42.